The third kappa shape index (κ3) is 6.77. The molecule has 4 heterocycles. The first-order valence-corrected chi connectivity index (χ1v) is 23.6. The Morgan fingerprint density at radius 1 is 0.338 bits per heavy atom. The van der Waals surface area contributed by atoms with Crippen molar-refractivity contribution in [2.45, 2.75) is 0 Å². The molecule has 6 heteroatoms. The average molecular weight is 886 g/mol. The van der Waals surface area contributed by atoms with Gasteiger partial charge < -0.3 is 4.57 Å². The molecule has 0 fully saturated rings. The number of rotatable bonds is 8. The summed E-state index contributed by atoms with van der Waals surface area (Å²) < 4.78 is 4.80. The zero-order valence-electron chi connectivity index (χ0n) is 36.7. The van der Waals surface area contributed by atoms with E-state index in [1.165, 1.54) is 42.0 Å². The van der Waals surface area contributed by atoms with Crippen molar-refractivity contribution in [2.75, 3.05) is 0 Å². The quantitative estimate of drug-likeness (QED) is 0.153. The van der Waals surface area contributed by atoms with Gasteiger partial charge in [-0.2, -0.15) is 0 Å². The Labute approximate surface area is 397 Å². The number of aromatic nitrogens is 5. The Morgan fingerprint density at radius 2 is 0.853 bits per heavy atom. The van der Waals surface area contributed by atoms with Gasteiger partial charge in [-0.05, 0) is 58.7 Å². The molecule has 0 spiro atoms. The summed E-state index contributed by atoms with van der Waals surface area (Å²) in [5.41, 5.74) is 14.5. The first-order chi connectivity index (χ1) is 33.7. The summed E-state index contributed by atoms with van der Waals surface area (Å²) in [6.45, 7) is 0. The van der Waals surface area contributed by atoms with Gasteiger partial charge in [-0.3, -0.25) is 4.98 Å². The van der Waals surface area contributed by atoms with Crippen molar-refractivity contribution in [1.82, 2.24) is 24.5 Å². The molecule has 9 aromatic carbocycles. The highest BCUT2D eigenvalue weighted by Crippen LogP contribution is 2.47. The molecule has 13 aromatic rings. The molecule has 0 unspecified atom stereocenters. The summed E-state index contributed by atoms with van der Waals surface area (Å²) in [6.07, 6.45) is 2.04. The van der Waals surface area contributed by atoms with E-state index in [9.17, 15) is 0 Å². The standard InChI is InChI=1S/C62H39N5S/c1-6-20-40(21-7-1)45-31-18-32-46(41-22-8-2-9-23-41)58(45)54-36-52(62-65-60(42-24-10-3-11-25-42)64-61(66-62)43-26-12-4-13-27-43)53(39-63-54)49-34-19-33-48-51-37-56-50(38-57(51)68-59(48)49)47-30-16-17-35-55(47)67(56)44-28-14-5-15-29-44/h1-39H. The molecule has 0 saturated heterocycles. The SMILES string of the molecule is c1ccc(-c2nc(-c3ccccc3)nc(-c3cc(-c4c(-c5ccccc5)cccc4-c4ccccc4)ncc3-c3cccc4c3sc3cc5c6ccccc6n(-c6ccccc6)c5cc34)n2)cc1. The summed E-state index contributed by atoms with van der Waals surface area (Å²) >= 11 is 1.83. The lowest BCUT2D eigenvalue weighted by Crippen LogP contribution is -2.02. The fraction of sp³-hybridized carbons (Fsp3) is 0. The molecule has 0 atom stereocenters. The topological polar surface area (TPSA) is 56.5 Å². The maximum atomic E-state index is 5.45. The fourth-order valence-electron chi connectivity index (χ4n) is 9.79. The molecule has 5 nitrogen and oxygen atoms in total. The van der Waals surface area contributed by atoms with Crippen LogP contribution in [-0.2, 0) is 0 Å². The van der Waals surface area contributed by atoms with Gasteiger partial charge in [0.05, 0.1) is 16.7 Å². The van der Waals surface area contributed by atoms with Gasteiger partial charge in [0, 0.05) is 76.2 Å². The highest BCUT2D eigenvalue weighted by Gasteiger charge is 2.23. The van der Waals surface area contributed by atoms with Gasteiger partial charge in [-0.25, -0.2) is 15.0 Å². The summed E-state index contributed by atoms with van der Waals surface area (Å²) in [4.78, 5) is 21.3. The number of hydrogen-bond acceptors (Lipinski definition) is 5. The molecule has 13 rings (SSSR count). The minimum Gasteiger partial charge on any atom is -0.309 e. The monoisotopic (exact) mass is 885 g/mol. The van der Waals surface area contributed by atoms with Crippen molar-refractivity contribution in [2.24, 2.45) is 0 Å². The van der Waals surface area contributed by atoms with Gasteiger partial charge in [0.15, 0.2) is 17.5 Å². The van der Waals surface area contributed by atoms with Crippen LogP contribution in [0.15, 0.2) is 237 Å². The number of nitrogens with zero attached hydrogens (tertiary/aromatic N) is 5. The van der Waals surface area contributed by atoms with Gasteiger partial charge >= 0.3 is 0 Å². The Balaban J connectivity index is 1.10. The van der Waals surface area contributed by atoms with Gasteiger partial charge in [-0.15, -0.1) is 11.3 Å². The first kappa shape index (κ1) is 39.5. The van der Waals surface area contributed by atoms with Crippen LogP contribution in [0.1, 0.15) is 0 Å². The summed E-state index contributed by atoms with van der Waals surface area (Å²) in [5, 5.41) is 4.87. The van der Waals surface area contributed by atoms with Crippen LogP contribution in [0.25, 0.3) is 126 Å². The van der Waals surface area contributed by atoms with Crippen LogP contribution in [-0.4, -0.2) is 24.5 Å². The lowest BCUT2D eigenvalue weighted by atomic mass is 9.88. The molecule has 0 aliphatic rings. The van der Waals surface area contributed by atoms with E-state index in [1.54, 1.807) is 0 Å². The number of benzene rings is 9. The fourth-order valence-corrected chi connectivity index (χ4v) is 11.0. The van der Waals surface area contributed by atoms with Crippen LogP contribution in [0.4, 0.5) is 0 Å². The Bertz CT molecular complexity index is 3880. The average Bonchev–Trinajstić information content (AvgIpc) is 3.95. The van der Waals surface area contributed by atoms with Crippen molar-refractivity contribution < 1.29 is 0 Å². The van der Waals surface area contributed by atoms with Crippen molar-refractivity contribution in [3.8, 4) is 84.5 Å². The van der Waals surface area contributed by atoms with Gasteiger partial charge in [-0.1, -0.05) is 194 Å². The van der Waals surface area contributed by atoms with E-state index in [0.717, 1.165) is 67.0 Å². The van der Waals surface area contributed by atoms with Gasteiger partial charge in [0.25, 0.3) is 0 Å². The Morgan fingerprint density at radius 3 is 1.49 bits per heavy atom. The van der Waals surface area contributed by atoms with Crippen LogP contribution in [0, 0.1) is 0 Å². The normalized spacial score (nSPS) is 11.5. The van der Waals surface area contributed by atoms with Gasteiger partial charge in [0.2, 0.25) is 0 Å². The van der Waals surface area contributed by atoms with Crippen molar-refractivity contribution in [3.05, 3.63) is 237 Å². The number of pyridine rings is 1. The molecular weight excluding hydrogens is 847 g/mol. The van der Waals surface area contributed by atoms with Crippen molar-refractivity contribution in [3.63, 3.8) is 0 Å². The minimum absolute atomic E-state index is 0.571. The van der Waals surface area contributed by atoms with E-state index in [-0.39, 0.29) is 0 Å². The molecule has 0 aliphatic heterocycles. The highest BCUT2D eigenvalue weighted by molar-refractivity contribution is 7.26. The molecular formula is C62H39N5S. The lowest BCUT2D eigenvalue weighted by molar-refractivity contribution is 1.07. The van der Waals surface area contributed by atoms with E-state index in [4.69, 9.17) is 19.9 Å². The van der Waals surface area contributed by atoms with E-state index in [0.29, 0.717) is 17.5 Å². The van der Waals surface area contributed by atoms with Gasteiger partial charge in [0.1, 0.15) is 0 Å². The van der Waals surface area contributed by atoms with Crippen molar-refractivity contribution in [1.29, 1.82) is 0 Å². The van der Waals surface area contributed by atoms with E-state index >= 15 is 0 Å². The second-order valence-corrected chi connectivity index (χ2v) is 18.0. The number of hydrogen-bond donors (Lipinski definition) is 0. The summed E-state index contributed by atoms with van der Waals surface area (Å²) in [5.74, 6) is 1.78. The van der Waals surface area contributed by atoms with Crippen LogP contribution >= 0.6 is 11.3 Å². The molecule has 4 aromatic heterocycles. The summed E-state index contributed by atoms with van der Waals surface area (Å²) in [7, 11) is 0. The van der Waals surface area contributed by atoms with E-state index < -0.39 is 0 Å². The molecule has 0 saturated carbocycles. The van der Waals surface area contributed by atoms with E-state index in [2.05, 4.69) is 199 Å². The highest BCUT2D eigenvalue weighted by atomic mass is 32.1. The third-order valence-electron chi connectivity index (χ3n) is 12.9. The smallest absolute Gasteiger partial charge is 0.164 e. The number of para-hydroxylation sites is 2. The predicted molar refractivity (Wildman–Crippen MR) is 283 cm³/mol. The number of thiophene rings is 1. The molecule has 0 amide bonds. The number of fused-ring (bicyclic) bond motifs is 6. The molecule has 0 aliphatic carbocycles. The van der Waals surface area contributed by atoms with Crippen LogP contribution in [0.5, 0.6) is 0 Å². The van der Waals surface area contributed by atoms with Crippen LogP contribution in [0.3, 0.4) is 0 Å². The minimum atomic E-state index is 0.571. The third-order valence-corrected chi connectivity index (χ3v) is 14.1. The largest absolute Gasteiger partial charge is 0.309 e. The Kier molecular flexibility index (Phi) is 9.62. The first-order valence-electron chi connectivity index (χ1n) is 22.8. The molecule has 318 valence electrons. The molecule has 68 heavy (non-hydrogen) atoms. The van der Waals surface area contributed by atoms with Crippen molar-refractivity contribution >= 4 is 53.3 Å². The maximum Gasteiger partial charge on any atom is 0.164 e. The lowest BCUT2D eigenvalue weighted by Gasteiger charge is -2.18. The maximum absolute atomic E-state index is 5.45. The Hall–Kier alpha value is -8.84. The zero-order valence-corrected chi connectivity index (χ0v) is 37.5. The molecule has 0 radical (unpaired) electrons. The zero-order chi connectivity index (χ0) is 45.0. The molecule has 0 bridgehead atoms. The van der Waals surface area contributed by atoms with Crippen LogP contribution in [0.2, 0.25) is 0 Å². The predicted octanol–water partition coefficient (Wildman–Crippen LogP) is 16.4. The van der Waals surface area contributed by atoms with Crippen LogP contribution < -0.4 is 0 Å². The second kappa shape index (κ2) is 16.5. The molecule has 0 N–H and O–H groups in total. The van der Waals surface area contributed by atoms with E-state index in [1.807, 2.05) is 53.9 Å². The second-order valence-electron chi connectivity index (χ2n) is 17.0. The summed E-state index contributed by atoms with van der Waals surface area (Å²) in [6, 6.07) is 81.1.